The Bertz CT molecular complexity index is 254. The lowest BCUT2D eigenvalue weighted by molar-refractivity contribution is -0.162. The molecule has 0 aromatic heterocycles. The van der Waals surface area contributed by atoms with Crippen molar-refractivity contribution in [1.82, 2.24) is 0 Å². The highest BCUT2D eigenvalue weighted by atomic mass is 35.5. The van der Waals surface area contributed by atoms with Crippen molar-refractivity contribution in [2.24, 2.45) is 5.92 Å². The Hall–Kier alpha value is -0.570. The second-order valence-corrected chi connectivity index (χ2v) is 4.34. The summed E-state index contributed by atoms with van der Waals surface area (Å²) in [7, 11) is 0. The zero-order valence-corrected chi connectivity index (χ0v) is 7.97. The Labute approximate surface area is 81.4 Å². The van der Waals surface area contributed by atoms with E-state index in [0.717, 1.165) is 32.1 Å². The first-order valence-corrected chi connectivity index (χ1v) is 4.92. The van der Waals surface area contributed by atoms with Gasteiger partial charge in [0.15, 0.2) is 0 Å². The SMILES string of the molecule is O=C(Cl)C(=O)OC12CCC(CC1)C2. The fraction of sp³-hybridized carbons (Fsp3) is 0.778. The van der Waals surface area contributed by atoms with Crippen molar-refractivity contribution < 1.29 is 14.3 Å². The van der Waals surface area contributed by atoms with Crippen LogP contribution in [-0.4, -0.2) is 16.8 Å². The van der Waals surface area contributed by atoms with E-state index >= 15 is 0 Å². The standard InChI is InChI=1S/C9H11ClO3/c10-7(11)8(12)13-9-3-1-6(5-9)2-4-9/h6H,1-5H2. The van der Waals surface area contributed by atoms with Gasteiger partial charge in [0.1, 0.15) is 5.60 Å². The maximum atomic E-state index is 11.0. The molecule has 2 fully saturated rings. The molecule has 2 saturated carbocycles. The van der Waals surface area contributed by atoms with Crippen molar-refractivity contribution in [2.75, 3.05) is 0 Å². The predicted octanol–water partition coefficient (Wildman–Crippen LogP) is 1.63. The molecular formula is C9H11ClO3. The van der Waals surface area contributed by atoms with Gasteiger partial charge in [-0.15, -0.1) is 0 Å². The molecule has 0 aromatic carbocycles. The first-order chi connectivity index (χ1) is 6.11. The lowest BCUT2D eigenvalue weighted by Crippen LogP contribution is -2.32. The van der Waals surface area contributed by atoms with E-state index < -0.39 is 11.2 Å². The number of carbonyl (C=O) groups is 2. The quantitative estimate of drug-likeness (QED) is 0.388. The molecule has 0 N–H and O–H groups in total. The summed E-state index contributed by atoms with van der Waals surface area (Å²) in [6, 6.07) is 0. The minimum absolute atomic E-state index is 0.341. The molecule has 2 rings (SSSR count). The molecule has 2 aliphatic carbocycles. The van der Waals surface area contributed by atoms with Crippen LogP contribution in [0.3, 0.4) is 0 Å². The molecule has 0 unspecified atom stereocenters. The summed E-state index contributed by atoms with van der Waals surface area (Å²) in [6.07, 6.45) is 4.94. The summed E-state index contributed by atoms with van der Waals surface area (Å²) < 4.78 is 5.13. The molecule has 0 heterocycles. The average molecular weight is 203 g/mol. The van der Waals surface area contributed by atoms with E-state index in [1.54, 1.807) is 0 Å². The first-order valence-electron chi connectivity index (χ1n) is 4.54. The van der Waals surface area contributed by atoms with Crippen LogP contribution in [0.25, 0.3) is 0 Å². The van der Waals surface area contributed by atoms with Gasteiger partial charge in [0.2, 0.25) is 0 Å². The van der Waals surface area contributed by atoms with Crippen LogP contribution in [0.1, 0.15) is 32.1 Å². The number of hydrogen-bond donors (Lipinski definition) is 0. The van der Waals surface area contributed by atoms with E-state index in [1.165, 1.54) is 0 Å². The van der Waals surface area contributed by atoms with E-state index in [2.05, 4.69) is 0 Å². The van der Waals surface area contributed by atoms with Crippen LogP contribution >= 0.6 is 11.6 Å². The molecule has 0 aliphatic heterocycles. The molecule has 13 heavy (non-hydrogen) atoms. The van der Waals surface area contributed by atoms with Crippen LogP contribution in [-0.2, 0) is 14.3 Å². The van der Waals surface area contributed by atoms with Crippen LogP contribution in [0.15, 0.2) is 0 Å². The van der Waals surface area contributed by atoms with E-state index in [4.69, 9.17) is 16.3 Å². The zero-order valence-electron chi connectivity index (χ0n) is 7.22. The second kappa shape index (κ2) is 2.98. The molecular weight excluding hydrogens is 192 g/mol. The van der Waals surface area contributed by atoms with Gasteiger partial charge in [0, 0.05) is 0 Å². The Morgan fingerprint density at radius 1 is 1.31 bits per heavy atom. The number of rotatable bonds is 2. The molecule has 2 bridgehead atoms. The van der Waals surface area contributed by atoms with Crippen LogP contribution in [0, 0.1) is 5.92 Å². The minimum atomic E-state index is -1.01. The molecule has 0 spiro atoms. The summed E-state index contributed by atoms with van der Waals surface area (Å²) >= 11 is 5.03. The molecule has 0 aromatic rings. The van der Waals surface area contributed by atoms with E-state index in [1.807, 2.05) is 0 Å². The molecule has 0 radical (unpaired) electrons. The monoisotopic (exact) mass is 202 g/mol. The Kier molecular flexibility index (Phi) is 2.06. The number of hydrogen-bond acceptors (Lipinski definition) is 3. The van der Waals surface area contributed by atoms with Crippen LogP contribution in [0.4, 0.5) is 0 Å². The third-order valence-electron chi connectivity index (χ3n) is 3.15. The number of ether oxygens (including phenoxy) is 1. The summed E-state index contributed by atoms with van der Waals surface area (Å²) in [5, 5.41) is -1.01. The number of carbonyl (C=O) groups excluding carboxylic acids is 2. The maximum Gasteiger partial charge on any atom is 0.391 e. The number of fused-ring (bicyclic) bond motifs is 2. The number of esters is 1. The van der Waals surface area contributed by atoms with Crippen molar-refractivity contribution in [3.63, 3.8) is 0 Å². The third-order valence-corrected chi connectivity index (χ3v) is 3.30. The zero-order chi connectivity index (χ0) is 9.47. The van der Waals surface area contributed by atoms with Gasteiger partial charge in [0.25, 0.3) is 0 Å². The normalized spacial score (nSPS) is 36.2. The van der Waals surface area contributed by atoms with Gasteiger partial charge in [-0.2, -0.15) is 0 Å². The van der Waals surface area contributed by atoms with Gasteiger partial charge in [-0.05, 0) is 49.6 Å². The van der Waals surface area contributed by atoms with Gasteiger partial charge in [0.05, 0.1) is 0 Å². The summed E-state index contributed by atoms with van der Waals surface area (Å²) in [5.41, 5.74) is -0.341. The highest BCUT2D eigenvalue weighted by molar-refractivity contribution is 6.80. The van der Waals surface area contributed by atoms with E-state index in [-0.39, 0.29) is 5.60 Å². The van der Waals surface area contributed by atoms with Gasteiger partial charge in [-0.1, -0.05) is 0 Å². The lowest BCUT2D eigenvalue weighted by Gasteiger charge is -2.25. The van der Waals surface area contributed by atoms with Gasteiger partial charge in [-0.3, -0.25) is 4.79 Å². The van der Waals surface area contributed by atoms with Gasteiger partial charge >= 0.3 is 11.2 Å². The highest BCUT2D eigenvalue weighted by Gasteiger charge is 2.48. The van der Waals surface area contributed by atoms with Crippen molar-refractivity contribution in [2.45, 2.75) is 37.7 Å². The van der Waals surface area contributed by atoms with Crippen molar-refractivity contribution in [3.8, 4) is 0 Å². The van der Waals surface area contributed by atoms with Crippen molar-refractivity contribution >= 4 is 22.8 Å². The summed E-state index contributed by atoms with van der Waals surface area (Å²) in [5.74, 6) is -0.192. The molecule has 0 atom stereocenters. The molecule has 0 saturated heterocycles. The fourth-order valence-corrected chi connectivity index (χ4v) is 2.56. The molecule has 3 nitrogen and oxygen atoms in total. The van der Waals surface area contributed by atoms with Gasteiger partial charge < -0.3 is 4.74 Å². The summed E-state index contributed by atoms with van der Waals surface area (Å²) in [6.45, 7) is 0. The third kappa shape index (κ3) is 1.57. The molecule has 4 heteroatoms. The fourth-order valence-electron chi connectivity index (χ4n) is 2.52. The summed E-state index contributed by atoms with van der Waals surface area (Å²) in [4.78, 5) is 21.5. The number of halogens is 1. The highest BCUT2D eigenvalue weighted by Crippen LogP contribution is 2.49. The topological polar surface area (TPSA) is 43.4 Å². The van der Waals surface area contributed by atoms with E-state index in [9.17, 15) is 9.59 Å². The van der Waals surface area contributed by atoms with Crippen LogP contribution in [0.5, 0.6) is 0 Å². The minimum Gasteiger partial charge on any atom is -0.452 e. The molecule has 2 aliphatic rings. The van der Waals surface area contributed by atoms with Gasteiger partial charge in [-0.25, -0.2) is 4.79 Å². The van der Waals surface area contributed by atoms with Crippen molar-refractivity contribution in [3.05, 3.63) is 0 Å². The van der Waals surface area contributed by atoms with Crippen molar-refractivity contribution in [1.29, 1.82) is 0 Å². The second-order valence-electron chi connectivity index (χ2n) is 3.99. The maximum absolute atomic E-state index is 11.0. The molecule has 72 valence electrons. The van der Waals surface area contributed by atoms with Crippen LogP contribution < -0.4 is 0 Å². The Morgan fingerprint density at radius 2 is 1.92 bits per heavy atom. The largest absolute Gasteiger partial charge is 0.452 e. The Balaban J connectivity index is 2.01. The van der Waals surface area contributed by atoms with Crippen LogP contribution in [0.2, 0.25) is 0 Å². The predicted molar refractivity (Wildman–Crippen MR) is 46.3 cm³/mol. The Morgan fingerprint density at radius 3 is 2.31 bits per heavy atom. The molecule has 0 amide bonds. The van der Waals surface area contributed by atoms with E-state index in [0.29, 0.717) is 5.92 Å². The first kappa shape index (κ1) is 9.00. The lowest BCUT2D eigenvalue weighted by atomic mass is 9.97. The average Bonchev–Trinajstić information content (AvgIpc) is 2.62. The smallest absolute Gasteiger partial charge is 0.391 e.